The highest BCUT2D eigenvalue weighted by Crippen LogP contribution is 2.41. The monoisotopic (exact) mass is 527 g/mol. The Bertz CT molecular complexity index is 1300. The summed E-state index contributed by atoms with van der Waals surface area (Å²) in [6, 6.07) is 9.41. The minimum atomic E-state index is -1.05. The molecule has 2 aliphatic rings. The molecule has 3 heterocycles. The van der Waals surface area contributed by atoms with E-state index in [4.69, 9.17) is 28.9 Å². The Morgan fingerprint density at radius 3 is 2.37 bits per heavy atom. The highest BCUT2D eigenvalue weighted by Gasteiger charge is 2.36. The van der Waals surface area contributed by atoms with Crippen LogP contribution >= 0.6 is 0 Å². The third-order valence-corrected chi connectivity index (χ3v) is 5.91. The van der Waals surface area contributed by atoms with Gasteiger partial charge in [-0.3, -0.25) is 0 Å². The van der Waals surface area contributed by atoms with Crippen molar-refractivity contribution in [2.45, 2.75) is 26.4 Å². The molecular weight excluding hydrogens is 500 g/mol. The lowest BCUT2D eigenvalue weighted by atomic mass is 10.1. The molecule has 2 amide bonds. The van der Waals surface area contributed by atoms with Gasteiger partial charge in [-0.1, -0.05) is 0 Å². The molecular formula is C26H27F2N5O5. The number of amides is 2. The maximum absolute atomic E-state index is 13.4. The number of nitrogens with zero attached hydrogens (tertiary/aromatic N) is 3. The summed E-state index contributed by atoms with van der Waals surface area (Å²) >= 11 is 0. The lowest BCUT2D eigenvalue weighted by Gasteiger charge is -2.35. The Morgan fingerprint density at radius 1 is 1.03 bits per heavy atom. The molecule has 2 N–H and O–H groups in total. The standard InChI is InChI=1S/C26H27F2N5O5/c1-3-36-22-21(25-37-15(2)38-25)31-23(32-24(22)33-10-12-35-13-11-33)16-4-6-17(7-5-16)29-26(34)30-18-8-9-19(27)20(28)14-18/h4-9,14-15,25H,3,10-13H2,1-2H3,(H2,29,30,34). The normalized spacial score (nSPS) is 19.0. The number of nitrogens with one attached hydrogen (secondary N) is 2. The van der Waals surface area contributed by atoms with E-state index >= 15 is 0 Å². The highest BCUT2D eigenvalue weighted by atomic mass is 19.2. The molecule has 10 nitrogen and oxygen atoms in total. The summed E-state index contributed by atoms with van der Waals surface area (Å²) in [5.74, 6) is -0.454. The summed E-state index contributed by atoms with van der Waals surface area (Å²) in [7, 11) is 0. The number of benzene rings is 2. The largest absolute Gasteiger partial charge is 0.488 e. The second kappa shape index (κ2) is 11.3. The van der Waals surface area contributed by atoms with Crippen molar-refractivity contribution in [2.75, 3.05) is 48.4 Å². The Morgan fingerprint density at radius 2 is 1.71 bits per heavy atom. The summed E-state index contributed by atoms with van der Waals surface area (Å²) in [5.41, 5.74) is 1.80. The Kier molecular flexibility index (Phi) is 7.63. The van der Waals surface area contributed by atoms with E-state index in [0.717, 1.165) is 12.1 Å². The minimum Gasteiger partial charge on any atom is -0.488 e. The van der Waals surface area contributed by atoms with Crippen molar-refractivity contribution >= 4 is 23.2 Å². The van der Waals surface area contributed by atoms with E-state index in [1.165, 1.54) is 6.07 Å². The molecule has 2 aromatic carbocycles. The van der Waals surface area contributed by atoms with Crippen molar-refractivity contribution < 1.29 is 32.5 Å². The van der Waals surface area contributed by atoms with Crippen molar-refractivity contribution in [3.05, 3.63) is 59.8 Å². The zero-order valence-electron chi connectivity index (χ0n) is 20.9. The molecule has 0 bridgehead atoms. The van der Waals surface area contributed by atoms with Crippen molar-refractivity contribution in [1.29, 1.82) is 0 Å². The number of urea groups is 1. The summed E-state index contributed by atoms with van der Waals surface area (Å²) < 4.78 is 49.5. The summed E-state index contributed by atoms with van der Waals surface area (Å²) in [6.45, 7) is 6.55. The number of carbonyl (C=O) groups is 1. The molecule has 0 unspecified atom stereocenters. The maximum atomic E-state index is 13.4. The van der Waals surface area contributed by atoms with Crippen LogP contribution in [0.1, 0.15) is 25.8 Å². The number of hydrogen-bond donors (Lipinski definition) is 2. The van der Waals surface area contributed by atoms with E-state index in [1.807, 2.05) is 6.92 Å². The van der Waals surface area contributed by atoms with Gasteiger partial charge in [0.05, 0.1) is 19.8 Å². The van der Waals surface area contributed by atoms with Crippen LogP contribution in [0.3, 0.4) is 0 Å². The van der Waals surface area contributed by atoms with Crippen LogP contribution in [-0.4, -0.2) is 55.2 Å². The molecule has 200 valence electrons. The fourth-order valence-electron chi connectivity index (χ4n) is 4.07. The number of halogens is 2. The van der Waals surface area contributed by atoms with E-state index in [-0.39, 0.29) is 12.0 Å². The molecule has 5 rings (SSSR count). The Labute approximate surface area is 217 Å². The zero-order valence-corrected chi connectivity index (χ0v) is 20.9. The number of rotatable bonds is 7. The van der Waals surface area contributed by atoms with E-state index in [9.17, 15) is 13.6 Å². The van der Waals surface area contributed by atoms with Crippen LogP contribution in [-0.2, 0) is 14.2 Å². The SMILES string of the molecule is CCOc1c(C2OC(C)O2)nc(-c2ccc(NC(=O)Nc3ccc(F)c(F)c3)cc2)nc1N1CCOCC1. The van der Waals surface area contributed by atoms with Gasteiger partial charge in [-0.15, -0.1) is 0 Å². The second-order valence-corrected chi connectivity index (χ2v) is 8.57. The van der Waals surface area contributed by atoms with Crippen LogP contribution in [0, 0.1) is 11.6 Å². The van der Waals surface area contributed by atoms with Gasteiger partial charge in [0.25, 0.3) is 0 Å². The van der Waals surface area contributed by atoms with E-state index in [0.29, 0.717) is 67.2 Å². The third-order valence-electron chi connectivity index (χ3n) is 5.91. The number of ether oxygens (including phenoxy) is 4. The zero-order chi connectivity index (χ0) is 26.6. The van der Waals surface area contributed by atoms with Crippen LogP contribution in [0.4, 0.5) is 30.8 Å². The molecule has 0 saturated carbocycles. The number of aromatic nitrogens is 2. The fourth-order valence-corrected chi connectivity index (χ4v) is 4.07. The predicted molar refractivity (Wildman–Crippen MR) is 135 cm³/mol. The first-order valence-corrected chi connectivity index (χ1v) is 12.2. The molecule has 2 fully saturated rings. The maximum Gasteiger partial charge on any atom is 0.323 e. The topological polar surface area (TPSA) is 107 Å². The van der Waals surface area contributed by atoms with Gasteiger partial charge in [0.1, 0.15) is 5.69 Å². The van der Waals surface area contributed by atoms with Gasteiger partial charge in [-0.25, -0.2) is 23.5 Å². The average molecular weight is 528 g/mol. The van der Waals surface area contributed by atoms with E-state index in [1.54, 1.807) is 31.2 Å². The predicted octanol–water partition coefficient (Wildman–Crippen LogP) is 4.69. The van der Waals surface area contributed by atoms with Crippen molar-refractivity contribution in [3.8, 4) is 17.1 Å². The van der Waals surface area contributed by atoms with Crippen molar-refractivity contribution in [3.63, 3.8) is 0 Å². The first-order valence-electron chi connectivity index (χ1n) is 12.2. The van der Waals surface area contributed by atoms with Crippen molar-refractivity contribution in [2.24, 2.45) is 0 Å². The molecule has 38 heavy (non-hydrogen) atoms. The van der Waals surface area contributed by atoms with E-state index < -0.39 is 24.0 Å². The Balaban J connectivity index is 1.39. The molecule has 2 saturated heterocycles. The first kappa shape index (κ1) is 25.8. The van der Waals surface area contributed by atoms with E-state index in [2.05, 4.69) is 15.5 Å². The van der Waals surface area contributed by atoms with Gasteiger partial charge < -0.3 is 34.5 Å². The molecule has 1 aromatic heterocycles. The molecule has 0 radical (unpaired) electrons. The number of carbonyl (C=O) groups excluding carboxylic acids is 1. The van der Waals surface area contributed by atoms with Crippen LogP contribution in [0.15, 0.2) is 42.5 Å². The molecule has 0 atom stereocenters. The molecule has 3 aromatic rings. The van der Waals surface area contributed by atoms with Gasteiger partial charge in [-0.2, -0.15) is 0 Å². The molecule has 2 aliphatic heterocycles. The lowest BCUT2D eigenvalue weighted by molar-refractivity contribution is -0.384. The van der Waals surface area contributed by atoms with Gasteiger partial charge in [-0.05, 0) is 50.2 Å². The van der Waals surface area contributed by atoms with Crippen molar-refractivity contribution in [1.82, 2.24) is 9.97 Å². The minimum absolute atomic E-state index is 0.124. The lowest BCUT2D eigenvalue weighted by Crippen LogP contribution is -2.38. The van der Waals surface area contributed by atoms with Gasteiger partial charge >= 0.3 is 6.03 Å². The second-order valence-electron chi connectivity index (χ2n) is 8.57. The molecule has 12 heteroatoms. The average Bonchev–Trinajstić information content (AvgIpc) is 2.90. The summed E-state index contributed by atoms with van der Waals surface area (Å²) in [4.78, 5) is 24.0. The first-order chi connectivity index (χ1) is 18.4. The van der Waals surface area contributed by atoms with Crippen LogP contribution in [0.25, 0.3) is 11.4 Å². The quantitative estimate of drug-likeness (QED) is 0.456. The third kappa shape index (κ3) is 5.67. The number of anilines is 3. The van der Waals surface area contributed by atoms with Gasteiger partial charge in [0.2, 0.25) is 6.29 Å². The fraction of sp³-hybridized carbons (Fsp3) is 0.346. The Hall–Kier alpha value is -3.87. The molecule has 0 spiro atoms. The highest BCUT2D eigenvalue weighted by molar-refractivity contribution is 5.99. The smallest absolute Gasteiger partial charge is 0.323 e. The number of hydrogen-bond acceptors (Lipinski definition) is 8. The number of morpholine rings is 1. The van der Waals surface area contributed by atoms with Gasteiger partial charge in [0, 0.05) is 36.1 Å². The summed E-state index contributed by atoms with van der Waals surface area (Å²) in [6.07, 6.45) is -1.02. The summed E-state index contributed by atoms with van der Waals surface area (Å²) in [5, 5.41) is 5.12. The van der Waals surface area contributed by atoms with Crippen LogP contribution in [0.2, 0.25) is 0 Å². The van der Waals surface area contributed by atoms with Gasteiger partial charge in [0.15, 0.2) is 35.3 Å². The molecule has 0 aliphatic carbocycles. The van der Waals surface area contributed by atoms with Crippen LogP contribution < -0.4 is 20.3 Å². The van der Waals surface area contributed by atoms with Crippen LogP contribution in [0.5, 0.6) is 5.75 Å².